The zero-order valence-corrected chi connectivity index (χ0v) is 33.1. The second-order valence-electron chi connectivity index (χ2n) is 12.9. The first-order valence-electron chi connectivity index (χ1n) is 19.4. The van der Waals surface area contributed by atoms with Crippen molar-refractivity contribution in [2.24, 2.45) is 5.73 Å². The normalized spacial score (nSPS) is 15.1. The molecular weight excluding hydrogens is 701 g/mol. The maximum Gasteiger partial charge on any atom is 0.472 e. The predicted octanol–water partition coefficient (Wildman–Crippen LogP) is 8.58. The van der Waals surface area contributed by atoms with Crippen LogP contribution in [-0.4, -0.2) is 71.1 Å². The fourth-order valence-corrected chi connectivity index (χ4v) is 5.42. The lowest BCUT2D eigenvalue weighted by atomic mass is 10.1. The Morgan fingerprint density at radius 1 is 0.679 bits per heavy atom. The fraction of sp³-hybridized carbons (Fsp3) is 0.675. The molecule has 12 nitrogen and oxygen atoms in total. The van der Waals surface area contributed by atoms with Crippen molar-refractivity contribution in [3.8, 4) is 0 Å². The standard InChI is InChI=1S/C40H68NO11P/c1-3-5-7-9-11-13-14-16-18-22-26-30-38(43)49-32-36(33-50-53(47,48)51-34-37(41)40(45)46)52-39(44)31-27-23-19-21-25-29-35(42)28-24-20-17-15-12-10-8-6-4-2/h9,11-12,15,19-21,24-25,29,35-37,42H,3-8,10,13-14,16-18,22-23,26-28,30-34,41H2,1-2H3,(H,45,46)(H,47,48)/b11-9-,15-12-,21-19+,24-20-,29-25-/t35?,36-,37+/m1/s1. The summed E-state index contributed by atoms with van der Waals surface area (Å²) in [4.78, 5) is 45.7. The lowest BCUT2D eigenvalue weighted by Crippen LogP contribution is -2.34. The van der Waals surface area contributed by atoms with Gasteiger partial charge in [-0.05, 0) is 64.2 Å². The minimum Gasteiger partial charge on any atom is -0.480 e. The number of unbranched alkanes of at least 4 members (excludes halogenated alkanes) is 11. The third kappa shape index (κ3) is 34.6. The van der Waals surface area contributed by atoms with E-state index in [1.165, 1.54) is 32.1 Å². The van der Waals surface area contributed by atoms with Gasteiger partial charge in [0.15, 0.2) is 6.10 Å². The van der Waals surface area contributed by atoms with Crippen LogP contribution in [0.3, 0.4) is 0 Å². The highest BCUT2D eigenvalue weighted by molar-refractivity contribution is 7.47. The molecule has 53 heavy (non-hydrogen) atoms. The molecule has 13 heteroatoms. The molecule has 0 aliphatic heterocycles. The smallest absolute Gasteiger partial charge is 0.472 e. The highest BCUT2D eigenvalue weighted by atomic mass is 31.2. The highest BCUT2D eigenvalue weighted by Crippen LogP contribution is 2.43. The summed E-state index contributed by atoms with van der Waals surface area (Å²) in [5.74, 6) is -2.55. The van der Waals surface area contributed by atoms with E-state index in [0.717, 1.165) is 51.4 Å². The van der Waals surface area contributed by atoms with Crippen molar-refractivity contribution in [1.29, 1.82) is 0 Å². The van der Waals surface area contributed by atoms with Gasteiger partial charge in [-0.3, -0.25) is 23.4 Å². The SMILES string of the molecule is CCCC/C=C\CCCCCCCC(=O)OC[C@H](COP(=O)(O)OC[C@H](N)C(=O)O)OC(=O)CCC/C=C/C=C\C(O)C/C=C\C/C=C\CCCCC. The van der Waals surface area contributed by atoms with Gasteiger partial charge >= 0.3 is 25.7 Å². The quantitative estimate of drug-likeness (QED) is 0.0158. The summed E-state index contributed by atoms with van der Waals surface area (Å²) < 4.78 is 32.4. The number of nitrogens with two attached hydrogens (primary N) is 1. The first kappa shape index (κ1) is 50.1. The van der Waals surface area contributed by atoms with Crippen LogP contribution in [0.4, 0.5) is 0 Å². The second kappa shape index (κ2) is 34.9. The molecule has 0 fully saturated rings. The number of esters is 2. The van der Waals surface area contributed by atoms with Gasteiger partial charge in [0.2, 0.25) is 0 Å². The van der Waals surface area contributed by atoms with Crippen LogP contribution >= 0.6 is 7.82 Å². The van der Waals surface area contributed by atoms with Gasteiger partial charge in [0, 0.05) is 12.8 Å². The van der Waals surface area contributed by atoms with Crippen molar-refractivity contribution in [3.63, 3.8) is 0 Å². The lowest BCUT2D eigenvalue weighted by molar-refractivity contribution is -0.161. The highest BCUT2D eigenvalue weighted by Gasteiger charge is 2.28. The molecule has 0 bridgehead atoms. The van der Waals surface area contributed by atoms with Gasteiger partial charge in [-0.2, -0.15) is 0 Å². The number of phosphoric ester groups is 1. The molecule has 0 aromatic carbocycles. The van der Waals surface area contributed by atoms with Crippen LogP contribution < -0.4 is 5.73 Å². The molecule has 0 aliphatic rings. The predicted molar refractivity (Wildman–Crippen MR) is 209 cm³/mol. The van der Waals surface area contributed by atoms with Crippen LogP contribution in [0.5, 0.6) is 0 Å². The molecule has 0 rings (SSSR count). The number of carbonyl (C=O) groups is 3. The maximum atomic E-state index is 12.6. The Bertz CT molecular complexity index is 1150. The van der Waals surface area contributed by atoms with E-state index in [9.17, 15) is 28.9 Å². The Morgan fingerprint density at radius 3 is 1.98 bits per heavy atom. The molecule has 5 N–H and O–H groups in total. The molecular formula is C40H68NO11P. The summed E-state index contributed by atoms with van der Waals surface area (Å²) >= 11 is 0. The van der Waals surface area contributed by atoms with E-state index in [1.54, 1.807) is 18.2 Å². The van der Waals surface area contributed by atoms with Gasteiger partial charge in [0.05, 0.1) is 19.3 Å². The Kier molecular flexibility index (Phi) is 33.0. The van der Waals surface area contributed by atoms with E-state index in [-0.39, 0.29) is 12.8 Å². The maximum absolute atomic E-state index is 12.6. The number of carboxylic acids is 1. The van der Waals surface area contributed by atoms with Crippen LogP contribution in [-0.2, 0) is 37.5 Å². The molecule has 0 heterocycles. The first-order valence-corrected chi connectivity index (χ1v) is 20.9. The Morgan fingerprint density at radius 2 is 1.26 bits per heavy atom. The first-order chi connectivity index (χ1) is 25.5. The van der Waals surface area contributed by atoms with Gasteiger partial charge in [-0.1, -0.05) is 120 Å². The lowest BCUT2D eigenvalue weighted by Gasteiger charge is -2.20. The second-order valence-corrected chi connectivity index (χ2v) is 14.4. The molecule has 0 aliphatic carbocycles. The van der Waals surface area contributed by atoms with E-state index in [1.807, 2.05) is 18.2 Å². The summed E-state index contributed by atoms with van der Waals surface area (Å²) in [5, 5.41) is 19.0. The van der Waals surface area contributed by atoms with Crippen molar-refractivity contribution < 1.29 is 52.6 Å². The molecule has 0 spiro atoms. The topological polar surface area (TPSA) is 192 Å². The average Bonchev–Trinajstić information content (AvgIpc) is 3.12. The zero-order valence-electron chi connectivity index (χ0n) is 32.2. The molecule has 0 amide bonds. The van der Waals surface area contributed by atoms with Crippen LogP contribution in [0, 0.1) is 0 Å². The summed E-state index contributed by atoms with van der Waals surface area (Å²) in [5.41, 5.74) is 5.30. The van der Waals surface area contributed by atoms with Crippen LogP contribution in [0.15, 0.2) is 60.8 Å². The molecule has 0 aromatic heterocycles. The minimum absolute atomic E-state index is 0.0221. The van der Waals surface area contributed by atoms with Crippen molar-refractivity contribution in [2.75, 3.05) is 19.8 Å². The minimum atomic E-state index is -4.75. The van der Waals surface area contributed by atoms with E-state index < -0.39 is 63.8 Å². The molecule has 4 atom stereocenters. The number of carboxylic acid groups (broad SMARTS) is 1. The summed E-state index contributed by atoms with van der Waals surface area (Å²) in [7, 11) is -4.75. The molecule has 2 unspecified atom stereocenters. The number of aliphatic carboxylic acids is 1. The third-order valence-corrected chi connectivity index (χ3v) is 8.77. The number of hydrogen-bond donors (Lipinski definition) is 4. The molecule has 304 valence electrons. The van der Waals surface area contributed by atoms with Crippen LogP contribution in [0.25, 0.3) is 0 Å². The monoisotopic (exact) mass is 769 g/mol. The fourth-order valence-electron chi connectivity index (χ4n) is 4.65. The third-order valence-electron chi connectivity index (χ3n) is 7.82. The van der Waals surface area contributed by atoms with Crippen molar-refractivity contribution >= 4 is 25.7 Å². The van der Waals surface area contributed by atoms with E-state index >= 15 is 0 Å². The van der Waals surface area contributed by atoms with Crippen molar-refractivity contribution in [2.45, 2.75) is 154 Å². The number of carbonyl (C=O) groups excluding carboxylic acids is 2. The number of allylic oxidation sites excluding steroid dienone is 8. The van der Waals surface area contributed by atoms with Crippen molar-refractivity contribution in [3.05, 3.63) is 60.8 Å². The van der Waals surface area contributed by atoms with E-state index in [0.29, 0.717) is 25.7 Å². The van der Waals surface area contributed by atoms with Crippen LogP contribution in [0.2, 0.25) is 0 Å². The summed E-state index contributed by atoms with van der Waals surface area (Å²) in [6.07, 6.45) is 34.7. The molecule has 0 aromatic rings. The number of aliphatic hydroxyl groups excluding tert-OH is 1. The number of hydrogen-bond acceptors (Lipinski definition) is 10. The number of ether oxygens (including phenoxy) is 2. The number of phosphoric acid groups is 1. The van der Waals surface area contributed by atoms with Gasteiger partial charge in [0.1, 0.15) is 12.6 Å². The van der Waals surface area contributed by atoms with Crippen LogP contribution in [0.1, 0.15) is 136 Å². The van der Waals surface area contributed by atoms with Gasteiger partial charge in [0.25, 0.3) is 0 Å². The van der Waals surface area contributed by atoms with Gasteiger partial charge in [-0.25, -0.2) is 4.57 Å². The van der Waals surface area contributed by atoms with Gasteiger partial charge < -0.3 is 30.3 Å². The number of aliphatic hydroxyl groups is 1. The summed E-state index contributed by atoms with van der Waals surface area (Å²) in [6.45, 7) is 2.54. The van der Waals surface area contributed by atoms with E-state index in [2.05, 4.69) is 42.7 Å². The molecule has 0 saturated heterocycles. The largest absolute Gasteiger partial charge is 0.480 e. The van der Waals surface area contributed by atoms with Gasteiger partial charge in [-0.15, -0.1) is 0 Å². The molecule has 0 radical (unpaired) electrons. The van der Waals surface area contributed by atoms with E-state index in [4.69, 9.17) is 24.8 Å². The average molecular weight is 770 g/mol. The van der Waals surface area contributed by atoms with Crippen molar-refractivity contribution in [1.82, 2.24) is 0 Å². The Labute approximate surface area is 318 Å². The summed E-state index contributed by atoms with van der Waals surface area (Å²) in [6, 6.07) is -1.55. The number of rotatable bonds is 35. The Hall–Kier alpha value is -2.86. The zero-order chi connectivity index (χ0) is 39.4. The molecule has 0 saturated carbocycles. The Balaban J connectivity index is 4.65.